The van der Waals surface area contributed by atoms with Gasteiger partial charge in [0.1, 0.15) is 11.6 Å². The summed E-state index contributed by atoms with van der Waals surface area (Å²) in [5.74, 6) is -1.86. The second kappa shape index (κ2) is 10.0. The first-order valence-corrected chi connectivity index (χ1v) is 9.37. The summed E-state index contributed by atoms with van der Waals surface area (Å²) in [6, 6.07) is 3.65. The topological polar surface area (TPSA) is 128 Å². The average molecular weight is 412 g/mol. The third-order valence-electron chi connectivity index (χ3n) is 4.43. The molecule has 1 aliphatic rings. The highest BCUT2D eigenvalue weighted by atomic mass is 35.5. The Bertz CT molecular complexity index is 764. The predicted molar refractivity (Wildman–Crippen MR) is 101 cm³/mol. The molecule has 0 aliphatic heterocycles. The minimum Gasteiger partial charge on any atom is -0.451 e. The normalized spacial score (nSPS) is 15.4. The summed E-state index contributed by atoms with van der Waals surface area (Å²) < 4.78 is 5.03. The zero-order valence-electron chi connectivity index (χ0n) is 15.4. The number of amides is 2. The highest BCUT2D eigenvalue weighted by Crippen LogP contribution is 2.25. The molecule has 9 nitrogen and oxygen atoms in total. The van der Waals surface area contributed by atoms with Crippen LogP contribution in [-0.4, -0.2) is 41.4 Å². The quantitative estimate of drug-likeness (QED) is 0.402. The Balaban J connectivity index is 1.81. The summed E-state index contributed by atoms with van der Waals surface area (Å²) in [6.07, 6.45) is 4.13. The molecule has 1 fully saturated rings. The summed E-state index contributed by atoms with van der Waals surface area (Å²) in [4.78, 5) is 46.2. The van der Waals surface area contributed by atoms with E-state index in [1.165, 1.54) is 19.1 Å². The highest BCUT2D eigenvalue weighted by Gasteiger charge is 2.23. The molecule has 2 rings (SSSR count). The van der Waals surface area contributed by atoms with E-state index in [0.717, 1.165) is 38.2 Å². The van der Waals surface area contributed by atoms with Crippen molar-refractivity contribution < 1.29 is 24.0 Å². The number of carbonyl (C=O) groups excluding carboxylic acids is 3. The van der Waals surface area contributed by atoms with E-state index in [1.54, 1.807) is 0 Å². The van der Waals surface area contributed by atoms with Gasteiger partial charge in [0, 0.05) is 17.7 Å². The lowest BCUT2D eigenvalue weighted by atomic mass is 9.95. The van der Waals surface area contributed by atoms with Crippen molar-refractivity contribution in [2.24, 2.45) is 0 Å². The molecule has 0 bridgehead atoms. The summed E-state index contributed by atoms with van der Waals surface area (Å²) in [7, 11) is 0. The minimum absolute atomic E-state index is 0.0213. The summed E-state index contributed by atoms with van der Waals surface area (Å²) in [5.41, 5.74) is -0.433. The highest BCUT2D eigenvalue weighted by molar-refractivity contribution is 6.32. The van der Waals surface area contributed by atoms with Gasteiger partial charge in [0.2, 0.25) is 0 Å². The van der Waals surface area contributed by atoms with Crippen LogP contribution in [0.15, 0.2) is 18.2 Å². The SMILES string of the molecule is C[C@@H](OC(=O)CNC(=O)c1ccc(Cl)c([N+](=O)[O-])c1)C(=O)NC1CCCCC1. The molecule has 1 saturated carbocycles. The van der Waals surface area contributed by atoms with Crippen molar-refractivity contribution >= 4 is 35.1 Å². The zero-order chi connectivity index (χ0) is 20.7. The van der Waals surface area contributed by atoms with Crippen molar-refractivity contribution in [2.45, 2.75) is 51.2 Å². The molecule has 28 heavy (non-hydrogen) atoms. The van der Waals surface area contributed by atoms with Crippen LogP contribution in [0.5, 0.6) is 0 Å². The van der Waals surface area contributed by atoms with Gasteiger partial charge < -0.3 is 15.4 Å². The number of halogens is 1. The number of nitrogens with zero attached hydrogens (tertiary/aromatic N) is 1. The van der Waals surface area contributed by atoms with Crippen molar-refractivity contribution in [3.05, 3.63) is 38.9 Å². The first-order valence-electron chi connectivity index (χ1n) is 9.00. The smallest absolute Gasteiger partial charge is 0.326 e. The number of esters is 1. The van der Waals surface area contributed by atoms with Crippen LogP contribution in [0.2, 0.25) is 5.02 Å². The molecule has 2 N–H and O–H groups in total. The molecular formula is C18H22ClN3O6. The van der Waals surface area contributed by atoms with E-state index >= 15 is 0 Å². The zero-order valence-corrected chi connectivity index (χ0v) is 16.2. The Kier molecular flexibility index (Phi) is 7.74. The number of hydrogen-bond acceptors (Lipinski definition) is 6. The Labute approximate surface area is 166 Å². The van der Waals surface area contributed by atoms with Crippen molar-refractivity contribution in [3.8, 4) is 0 Å². The monoisotopic (exact) mass is 411 g/mol. The van der Waals surface area contributed by atoms with E-state index in [-0.39, 0.29) is 22.5 Å². The molecule has 152 valence electrons. The molecule has 1 atom stereocenters. The Morgan fingerprint density at radius 1 is 1.29 bits per heavy atom. The molecule has 0 saturated heterocycles. The van der Waals surface area contributed by atoms with Gasteiger partial charge in [-0.1, -0.05) is 30.9 Å². The number of nitro benzene ring substituents is 1. The Morgan fingerprint density at radius 3 is 2.61 bits per heavy atom. The maximum absolute atomic E-state index is 12.1. The van der Waals surface area contributed by atoms with Gasteiger partial charge in [-0.15, -0.1) is 0 Å². The van der Waals surface area contributed by atoms with Gasteiger partial charge in [0.05, 0.1) is 4.92 Å². The van der Waals surface area contributed by atoms with Gasteiger partial charge in [0.15, 0.2) is 6.10 Å². The van der Waals surface area contributed by atoms with Crippen LogP contribution in [0.3, 0.4) is 0 Å². The third kappa shape index (κ3) is 6.19. The molecule has 1 aromatic rings. The molecule has 10 heteroatoms. The van der Waals surface area contributed by atoms with Crippen LogP contribution in [-0.2, 0) is 14.3 Å². The third-order valence-corrected chi connectivity index (χ3v) is 4.75. The fourth-order valence-corrected chi connectivity index (χ4v) is 3.09. The number of hydrogen-bond donors (Lipinski definition) is 2. The van der Waals surface area contributed by atoms with Crippen molar-refractivity contribution in [3.63, 3.8) is 0 Å². The van der Waals surface area contributed by atoms with E-state index < -0.39 is 35.1 Å². The van der Waals surface area contributed by atoms with E-state index in [1.807, 2.05) is 0 Å². The van der Waals surface area contributed by atoms with Crippen molar-refractivity contribution in [2.75, 3.05) is 6.54 Å². The number of nitro groups is 1. The fourth-order valence-electron chi connectivity index (χ4n) is 2.91. The average Bonchev–Trinajstić information content (AvgIpc) is 2.67. The van der Waals surface area contributed by atoms with Crippen LogP contribution in [0.1, 0.15) is 49.4 Å². The van der Waals surface area contributed by atoms with E-state index in [4.69, 9.17) is 16.3 Å². The second-order valence-corrected chi connectivity index (χ2v) is 6.99. The lowest BCUT2D eigenvalue weighted by molar-refractivity contribution is -0.384. The second-order valence-electron chi connectivity index (χ2n) is 6.58. The maximum atomic E-state index is 12.1. The molecule has 2 amide bonds. The minimum atomic E-state index is -0.983. The van der Waals surface area contributed by atoms with Crippen LogP contribution in [0.25, 0.3) is 0 Å². The largest absolute Gasteiger partial charge is 0.451 e. The van der Waals surface area contributed by atoms with Gasteiger partial charge in [-0.3, -0.25) is 24.5 Å². The van der Waals surface area contributed by atoms with E-state index in [9.17, 15) is 24.5 Å². The molecule has 0 spiro atoms. The van der Waals surface area contributed by atoms with Crippen molar-refractivity contribution in [1.82, 2.24) is 10.6 Å². The van der Waals surface area contributed by atoms with Crippen molar-refractivity contribution in [1.29, 1.82) is 0 Å². The lowest BCUT2D eigenvalue weighted by Gasteiger charge is -2.24. The van der Waals surface area contributed by atoms with E-state index in [0.29, 0.717) is 0 Å². The number of carbonyl (C=O) groups is 3. The van der Waals surface area contributed by atoms with Gasteiger partial charge in [-0.25, -0.2) is 0 Å². The van der Waals surface area contributed by atoms with Crippen LogP contribution >= 0.6 is 11.6 Å². The summed E-state index contributed by atoms with van der Waals surface area (Å²) in [5, 5.41) is 15.9. The molecule has 0 radical (unpaired) electrons. The number of ether oxygens (including phenoxy) is 1. The van der Waals surface area contributed by atoms with Crippen LogP contribution in [0.4, 0.5) is 5.69 Å². The molecule has 0 aromatic heterocycles. The number of nitrogens with one attached hydrogen (secondary N) is 2. The van der Waals surface area contributed by atoms with Gasteiger partial charge >= 0.3 is 5.97 Å². The lowest BCUT2D eigenvalue weighted by Crippen LogP contribution is -2.43. The standard InChI is InChI=1S/C18H22ClN3O6/c1-11(17(24)21-13-5-3-2-4-6-13)28-16(23)10-20-18(25)12-7-8-14(19)15(9-12)22(26)27/h7-9,11,13H,2-6,10H2,1H3,(H,20,25)(H,21,24)/t11-/m1/s1. The van der Waals surface area contributed by atoms with Crippen LogP contribution in [0, 0.1) is 10.1 Å². The molecule has 0 unspecified atom stereocenters. The molecular weight excluding hydrogens is 390 g/mol. The summed E-state index contributed by atoms with van der Waals surface area (Å²) >= 11 is 5.69. The number of rotatable bonds is 7. The first kappa shape index (κ1) is 21.6. The Morgan fingerprint density at radius 2 is 1.96 bits per heavy atom. The Hall–Kier alpha value is -2.68. The van der Waals surface area contributed by atoms with E-state index in [2.05, 4.69) is 10.6 Å². The summed E-state index contributed by atoms with van der Waals surface area (Å²) in [6.45, 7) is 0.983. The maximum Gasteiger partial charge on any atom is 0.326 e. The predicted octanol–water partition coefficient (Wildman–Crippen LogP) is 2.36. The molecule has 1 aromatic carbocycles. The first-order chi connectivity index (χ1) is 13.3. The van der Waals surface area contributed by atoms with Gasteiger partial charge in [-0.05, 0) is 31.9 Å². The van der Waals surface area contributed by atoms with Crippen LogP contribution < -0.4 is 10.6 Å². The molecule has 0 heterocycles. The fraction of sp³-hybridized carbons (Fsp3) is 0.500. The van der Waals surface area contributed by atoms with Gasteiger partial charge in [0.25, 0.3) is 17.5 Å². The molecule has 1 aliphatic carbocycles. The number of benzene rings is 1. The van der Waals surface area contributed by atoms with Gasteiger partial charge in [-0.2, -0.15) is 0 Å².